The number of anilines is 2. The highest BCUT2D eigenvalue weighted by molar-refractivity contribution is 6.29. The highest BCUT2D eigenvalue weighted by Crippen LogP contribution is 2.36. The lowest BCUT2D eigenvalue weighted by Crippen LogP contribution is -2.40. The van der Waals surface area contributed by atoms with Gasteiger partial charge in [-0.3, -0.25) is 0 Å². The van der Waals surface area contributed by atoms with Gasteiger partial charge in [0.25, 0.3) is 0 Å². The van der Waals surface area contributed by atoms with Crippen molar-refractivity contribution in [3.05, 3.63) is 41.2 Å². The lowest BCUT2D eigenvalue weighted by Gasteiger charge is -2.32. The molecule has 1 N–H and O–H groups in total. The largest absolute Gasteiger partial charge is 0.472 e. The Bertz CT molecular complexity index is 812. The van der Waals surface area contributed by atoms with Gasteiger partial charge in [-0.1, -0.05) is 31.2 Å². The minimum atomic E-state index is 0.0806. The molecule has 4 heterocycles. The van der Waals surface area contributed by atoms with E-state index in [-0.39, 0.29) is 6.10 Å². The number of nitrogens with one attached hydrogen (secondary N) is 1. The molecule has 0 aliphatic carbocycles. The fraction of sp³-hybridized carbons (Fsp3) is 0.389. The van der Waals surface area contributed by atoms with Crippen LogP contribution in [-0.2, 0) is 6.42 Å². The summed E-state index contributed by atoms with van der Waals surface area (Å²) < 4.78 is 6.25. The predicted molar refractivity (Wildman–Crippen MR) is 99.4 cm³/mol. The van der Waals surface area contributed by atoms with E-state index in [0.717, 1.165) is 54.4 Å². The zero-order valence-electron chi connectivity index (χ0n) is 14.1. The number of ether oxygens (including phenoxy) is 1. The lowest BCUT2D eigenvalue weighted by atomic mass is 10.1. The van der Waals surface area contributed by atoms with E-state index in [1.165, 1.54) is 0 Å². The molecule has 25 heavy (non-hydrogen) atoms. The van der Waals surface area contributed by atoms with Crippen LogP contribution in [0, 0.1) is 0 Å². The molecule has 1 fully saturated rings. The molecule has 0 aromatic carbocycles. The standard InChI is InChI=1S/C18H20ClN5O/c1-3-11-5-12(4-2)18(21-8-11)25-14-6-13-9-20-17-15(24(13)10-14)7-16(19)22-23-17/h3,5,7-8,13-14H,1,4,6,9-10H2,2H3,(H,20,23). The molecule has 130 valence electrons. The Hall–Kier alpha value is -2.34. The van der Waals surface area contributed by atoms with Crippen molar-refractivity contribution in [3.8, 4) is 5.88 Å². The molecular weight excluding hydrogens is 338 g/mol. The van der Waals surface area contributed by atoms with E-state index in [9.17, 15) is 0 Å². The molecular formula is C18H20ClN5O. The number of hydrogen-bond acceptors (Lipinski definition) is 6. The quantitative estimate of drug-likeness (QED) is 0.906. The van der Waals surface area contributed by atoms with Gasteiger partial charge in [-0.25, -0.2) is 4.98 Å². The smallest absolute Gasteiger partial charge is 0.216 e. The van der Waals surface area contributed by atoms with Gasteiger partial charge >= 0.3 is 0 Å². The minimum absolute atomic E-state index is 0.0806. The zero-order valence-corrected chi connectivity index (χ0v) is 14.8. The maximum atomic E-state index is 6.25. The van der Waals surface area contributed by atoms with Gasteiger partial charge in [-0.15, -0.1) is 10.2 Å². The van der Waals surface area contributed by atoms with Crippen molar-refractivity contribution in [1.29, 1.82) is 0 Å². The number of pyridine rings is 1. The number of aryl methyl sites for hydroxylation is 1. The molecule has 2 aliphatic rings. The first-order chi connectivity index (χ1) is 12.2. The molecule has 4 rings (SSSR count). The molecule has 6 nitrogen and oxygen atoms in total. The fourth-order valence-corrected chi connectivity index (χ4v) is 3.65. The molecule has 0 radical (unpaired) electrons. The van der Waals surface area contributed by atoms with Crippen LogP contribution in [0.3, 0.4) is 0 Å². The number of halogens is 1. The van der Waals surface area contributed by atoms with Crippen LogP contribution in [0.2, 0.25) is 5.15 Å². The van der Waals surface area contributed by atoms with Crippen molar-refractivity contribution in [2.24, 2.45) is 0 Å². The lowest BCUT2D eigenvalue weighted by molar-refractivity contribution is 0.210. The molecule has 0 bridgehead atoms. The monoisotopic (exact) mass is 357 g/mol. The van der Waals surface area contributed by atoms with Crippen LogP contribution in [0.1, 0.15) is 24.5 Å². The van der Waals surface area contributed by atoms with Crippen LogP contribution in [0.5, 0.6) is 5.88 Å². The number of nitrogens with zero attached hydrogens (tertiary/aromatic N) is 4. The van der Waals surface area contributed by atoms with Crippen molar-refractivity contribution >= 4 is 29.2 Å². The summed E-state index contributed by atoms with van der Waals surface area (Å²) in [4.78, 5) is 6.79. The average Bonchev–Trinajstić information content (AvgIpc) is 3.05. The van der Waals surface area contributed by atoms with Gasteiger partial charge in [0.1, 0.15) is 6.10 Å². The Kier molecular flexibility index (Phi) is 4.21. The summed E-state index contributed by atoms with van der Waals surface area (Å²) in [6.07, 6.45) is 5.49. The Morgan fingerprint density at radius 1 is 1.44 bits per heavy atom. The van der Waals surface area contributed by atoms with E-state index < -0.39 is 0 Å². The van der Waals surface area contributed by atoms with Crippen LogP contribution < -0.4 is 15.0 Å². The second-order valence-electron chi connectivity index (χ2n) is 6.35. The minimum Gasteiger partial charge on any atom is -0.472 e. The van der Waals surface area contributed by atoms with Crippen molar-refractivity contribution in [2.75, 3.05) is 23.3 Å². The van der Waals surface area contributed by atoms with Gasteiger partial charge in [-0.2, -0.15) is 0 Å². The third-order valence-corrected chi connectivity index (χ3v) is 4.96. The van der Waals surface area contributed by atoms with E-state index in [2.05, 4.69) is 45.0 Å². The fourth-order valence-electron chi connectivity index (χ4n) is 3.51. The van der Waals surface area contributed by atoms with Crippen LogP contribution in [0.4, 0.5) is 11.5 Å². The second-order valence-corrected chi connectivity index (χ2v) is 6.74. The van der Waals surface area contributed by atoms with E-state index in [4.69, 9.17) is 16.3 Å². The van der Waals surface area contributed by atoms with Gasteiger partial charge in [-0.05, 0) is 18.1 Å². The number of hydrogen-bond donors (Lipinski definition) is 1. The second kappa shape index (κ2) is 6.52. The topological polar surface area (TPSA) is 63.2 Å². The third kappa shape index (κ3) is 3.02. The molecule has 2 unspecified atom stereocenters. The van der Waals surface area contributed by atoms with Crippen LogP contribution in [-0.4, -0.2) is 40.4 Å². The highest BCUT2D eigenvalue weighted by atomic mass is 35.5. The zero-order chi connectivity index (χ0) is 17.4. The number of rotatable bonds is 4. The maximum absolute atomic E-state index is 6.25. The summed E-state index contributed by atoms with van der Waals surface area (Å²) in [7, 11) is 0. The van der Waals surface area contributed by atoms with Crippen LogP contribution >= 0.6 is 11.6 Å². The highest BCUT2D eigenvalue weighted by Gasteiger charge is 2.38. The van der Waals surface area contributed by atoms with Gasteiger partial charge in [0.05, 0.1) is 18.3 Å². The van der Waals surface area contributed by atoms with Gasteiger partial charge in [0.2, 0.25) is 5.88 Å². The van der Waals surface area contributed by atoms with E-state index in [1.54, 1.807) is 12.3 Å². The van der Waals surface area contributed by atoms with E-state index in [1.807, 2.05) is 6.07 Å². The van der Waals surface area contributed by atoms with Gasteiger partial charge < -0.3 is 15.0 Å². The Morgan fingerprint density at radius 2 is 2.32 bits per heavy atom. The molecule has 2 atom stereocenters. The summed E-state index contributed by atoms with van der Waals surface area (Å²) in [5.74, 6) is 1.50. The van der Waals surface area contributed by atoms with Crippen molar-refractivity contribution in [2.45, 2.75) is 31.9 Å². The molecule has 7 heteroatoms. The Balaban J connectivity index is 1.54. The van der Waals surface area contributed by atoms with Gasteiger partial charge in [0.15, 0.2) is 11.0 Å². The summed E-state index contributed by atoms with van der Waals surface area (Å²) >= 11 is 6.02. The van der Waals surface area contributed by atoms with Crippen molar-refractivity contribution < 1.29 is 4.74 Å². The SMILES string of the molecule is C=Cc1cnc(OC2CC3CNc4nnc(Cl)cc4N3C2)c(CC)c1. The Morgan fingerprint density at radius 3 is 3.12 bits per heavy atom. The van der Waals surface area contributed by atoms with Crippen LogP contribution in [0.25, 0.3) is 6.08 Å². The molecule has 1 saturated heterocycles. The molecule has 0 spiro atoms. The maximum Gasteiger partial charge on any atom is 0.216 e. The van der Waals surface area contributed by atoms with Crippen molar-refractivity contribution in [3.63, 3.8) is 0 Å². The third-order valence-electron chi connectivity index (χ3n) is 4.78. The van der Waals surface area contributed by atoms with E-state index in [0.29, 0.717) is 11.2 Å². The Labute approximate surface area is 151 Å². The number of fused-ring (bicyclic) bond motifs is 3. The molecule has 0 amide bonds. The molecule has 0 saturated carbocycles. The van der Waals surface area contributed by atoms with Crippen molar-refractivity contribution in [1.82, 2.24) is 15.2 Å². The average molecular weight is 358 g/mol. The molecule has 2 aliphatic heterocycles. The molecule has 2 aromatic heterocycles. The summed E-state index contributed by atoms with van der Waals surface area (Å²) in [5, 5.41) is 11.8. The molecule has 2 aromatic rings. The first kappa shape index (κ1) is 16.1. The van der Waals surface area contributed by atoms with Crippen LogP contribution in [0.15, 0.2) is 24.9 Å². The van der Waals surface area contributed by atoms with Gasteiger partial charge in [0, 0.05) is 30.8 Å². The normalized spacial score (nSPS) is 21.3. The summed E-state index contributed by atoms with van der Waals surface area (Å²) in [6, 6.07) is 4.31. The summed E-state index contributed by atoms with van der Waals surface area (Å²) in [6.45, 7) is 7.52. The predicted octanol–water partition coefficient (Wildman–Crippen LogP) is 3.18. The first-order valence-electron chi connectivity index (χ1n) is 8.49. The first-order valence-corrected chi connectivity index (χ1v) is 8.87. The van der Waals surface area contributed by atoms with E-state index >= 15 is 0 Å². The number of aromatic nitrogens is 3. The summed E-state index contributed by atoms with van der Waals surface area (Å²) in [5.41, 5.74) is 3.11.